The molecule has 0 aliphatic rings. The van der Waals surface area contributed by atoms with Crippen LogP contribution < -0.4 is 0 Å². The van der Waals surface area contributed by atoms with E-state index < -0.39 is 12.0 Å². The van der Waals surface area contributed by atoms with Crippen molar-refractivity contribution < 1.29 is 9.90 Å². The maximum Gasteiger partial charge on any atom is 0.303 e. The minimum atomic E-state index is -0.939. The summed E-state index contributed by atoms with van der Waals surface area (Å²) in [6.45, 7) is 0. The van der Waals surface area contributed by atoms with E-state index in [1.165, 1.54) is 0 Å². The first kappa shape index (κ1) is 12.1. The van der Waals surface area contributed by atoms with E-state index in [9.17, 15) is 4.79 Å². The number of nitrogens with zero attached hydrogens (tertiary/aromatic N) is 3. The van der Waals surface area contributed by atoms with Gasteiger partial charge in [0.15, 0.2) is 0 Å². The number of hydrogen-bond acceptors (Lipinski definition) is 2. The van der Waals surface area contributed by atoms with Crippen LogP contribution in [0.5, 0.6) is 0 Å². The van der Waals surface area contributed by atoms with Crippen LogP contribution in [0.25, 0.3) is 10.4 Å². The fourth-order valence-corrected chi connectivity index (χ4v) is 1.45. The number of aryl methyl sites for hydroxylation is 1. The number of azide groups is 1. The molecule has 1 aromatic carbocycles. The van der Waals surface area contributed by atoms with Gasteiger partial charge in [0.05, 0.1) is 6.42 Å². The molecular weight excluding hydrogens is 206 g/mol. The van der Waals surface area contributed by atoms with Gasteiger partial charge in [-0.25, -0.2) is 0 Å². The van der Waals surface area contributed by atoms with Crippen molar-refractivity contribution in [2.75, 3.05) is 0 Å². The first-order valence-electron chi connectivity index (χ1n) is 5.02. The zero-order valence-corrected chi connectivity index (χ0v) is 8.78. The highest BCUT2D eigenvalue weighted by Crippen LogP contribution is 2.10. The van der Waals surface area contributed by atoms with E-state index in [2.05, 4.69) is 10.0 Å². The predicted octanol–water partition coefficient (Wildman–Crippen LogP) is 2.77. The molecule has 0 bridgehead atoms. The molecule has 1 atom stereocenters. The van der Waals surface area contributed by atoms with Crippen LogP contribution in [0, 0.1) is 0 Å². The third-order valence-corrected chi connectivity index (χ3v) is 2.23. The molecule has 1 aromatic rings. The Morgan fingerprint density at radius 2 is 2.12 bits per heavy atom. The number of hydrogen-bond donors (Lipinski definition) is 1. The molecule has 0 heterocycles. The molecule has 0 unspecified atom stereocenters. The molecule has 0 fully saturated rings. The van der Waals surface area contributed by atoms with Crippen LogP contribution in [0.2, 0.25) is 0 Å². The fraction of sp³-hybridized carbons (Fsp3) is 0.364. The summed E-state index contributed by atoms with van der Waals surface area (Å²) < 4.78 is 0. The van der Waals surface area contributed by atoms with Gasteiger partial charge in [-0.1, -0.05) is 35.4 Å². The smallest absolute Gasteiger partial charge is 0.303 e. The second-order valence-electron chi connectivity index (χ2n) is 3.48. The topological polar surface area (TPSA) is 86.1 Å². The molecule has 0 radical (unpaired) electrons. The Labute approximate surface area is 93.3 Å². The molecule has 16 heavy (non-hydrogen) atoms. The number of carboxylic acids is 1. The molecular formula is C11H13N3O2. The molecule has 0 amide bonds. The minimum Gasteiger partial charge on any atom is -0.481 e. The van der Waals surface area contributed by atoms with Gasteiger partial charge in [-0.2, -0.15) is 0 Å². The summed E-state index contributed by atoms with van der Waals surface area (Å²) in [5.74, 6) is -0.939. The maximum absolute atomic E-state index is 10.5. The Hall–Kier alpha value is -2.00. The lowest BCUT2D eigenvalue weighted by atomic mass is 10.0. The zero-order valence-electron chi connectivity index (χ0n) is 8.78. The van der Waals surface area contributed by atoms with E-state index >= 15 is 0 Å². The van der Waals surface area contributed by atoms with Crippen molar-refractivity contribution in [2.24, 2.45) is 5.11 Å². The van der Waals surface area contributed by atoms with E-state index in [4.69, 9.17) is 10.6 Å². The quantitative estimate of drug-likeness (QED) is 0.453. The lowest BCUT2D eigenvalue weighted by Crippen LogP contribution is -2.11. The Bertz CT molecular complexity index is 385. The number of rotatable bonds is 6. The summed E-state index contributed by atoms with van der Waals surface area (Å²) in [5.41, 5.74) is 9.43. The van der Waals surface area contributed by atoms with Crippen LogP contribution in [0.3, 0.4) is 0 Å². The zero-order chi connectivity index (χ0) is 11.8. The van der Waals surface area contributed by atoms with Gasteiger partial charge in [-0.15, -0.1) is 0 Å². The van der Waals surface area contributed by atoms with Gasteiger partial charge in [0.2, 0.25) is 0 Å². The molecule has 0 saturated heterocycles. The average Bonchev–Trinajstić information content (AvgIpc) is 2.27. The van der Waals surface area contributed by atoms with Gasteiger partial charge >= 0.3 is 5.97 Å². The number of carbonyl (C=O) groups is 1. The third-order valence-electron chi connectivity index (χ3n) is 2.23. The SMILES string of the molecule is [N-]=[N+]=N[C@H](CCc1ccccc1)CC(=O)O. The lowest BCUT2D eigenvalue weighted by molar-refractivity contribution is -0.137. The highest BCUT2D eigenvalue weighted by atomic mass is 16.4. The fourth-order valence-electron chi connectivity index (χ4n) is 1.45. The minimum absolute atomic E-state index is 0.114. The second kappa shape index (κ2) is 6.48. The summed E-state index contributed by atoms with van der Waals surface area (Å²) in [7, 11) is 0. The molecule has 0 aliphatic heterocycles. The van der Waals surface area contributed by atoms with Gasteiger partial charge in [-0.05, 0) is 23.9 Å². The van der Waals surface area contributed by atoms with E-state index in [0.717, 1.165) is 12.0 Å². The van der Waals surface area contributed by atoms with Crippen molar-refractivity contribution in [3.05, 3.63) is 46.3 Å². The Kier molecular flexibility index (Phi) is 4.89. The molecule has 5 nitrogen and oxygen atoms in total. The van der Waals surface area contributed by atoms with Gasteiger partial charge in [0.25, 0.3) is 0 Å². The Morgan fingerprint density at radius 1 is 1.44 bits per heavy atom. The number of benzene rings is 1. The van der Waals surface area contributed by atoms with Crippen molar-refractivity contribution in [1.29, 1.82) is 0 Å². The first-order chi connectivity index (χ1) is 7.72. The van der Waals surface area contributed by atoms with Crippen molar-refractivity contribution in [3.63, 3.8) is 0 Å². The normalized spacial score (nSPS) is 11.5. The van der Waals surface area contributed by atoms with Crippen LogP contribution in [0.15, 0.2) is 35.4 Å². The molecule has 0 aliphatic carbocycles. The summed E-state index contributed by atoms with van der Waals surface area (Å²) in [5, 5.41) is 12.1. The van der Waals surface area contributed by atoms with E-state index in [1.807, 2.05) is 30.3 Å². The molecule has 0 spiro atoms. The molecule has 5 heteroatoms. The van der Waals surface area contributed by atoms with Crippen molar-refractivity contribution in [3.8, 4) is 0 Å². The summed E-state index contributed by atoms with van der Waals surface area (Å²) in [6.07, 6.45) is 1.16. The van der Waals surface area contributed by atoms with Crippen molar-refractivity contribution in [2.45, 2.75) is 25.3 Å². The molecule has 1 rings (SSSR count). The molecule has 0 aromatic heterocycles. The van der Waals surface area contributed by atoms with E-state index in [1.54, 1.807) is 0 Å². The van der Waals surface area contributed by atoms with Gasteiger partial charge in [0, 0.05) is 11.0 Å². The van der Waals surface area contributed by atoms with Crippen LogP contribution in [0.4, 0.5) is 0 Å². The maximum atomic E-state index is 10.5. The van der Waals surface area contributed by atoms with Gasteiger partial charge in [0.1, 0.15) is 0 Å². The number of carboxylic acid groups (broad SMARTS) is 1. The average molecular weight is 219 g/mol. The second-order valence-corrected chi connectivity index (χ2v) is 3.48. The van der Waals surface area contributed by atoms with Crippen LogP contribution >= 0.6 is 0 Å². The molecule has 0 saturated carbocycles. The number of aliphatic carboxylic acids is 1. The Balaban J connectivity index is 2.50. The standard InChI is InChI=1S/C11H13N3O2/c12-14-13-10(8-11(15)16)7-6-9-4-2-1-3-5-9/h1-5,10H,6-8H2,(H,15,16)/t10-/m1/s1. The molecule has 1 N–H and O–H groups in total. The van der Waals surface area contributed by atoms with Crippen molar-refractivity contribution in [1.82, 2.24) is 0 Å². The van der Waals surface area contributed by atoms with Gasteiger partial charge < -0.3 is 5.11 Å². The molecule has 84 valence electrons. The van der Waals surface area contributed by atoms with E-state index in [-0.39, 0.29) is 6.42 Å². The monoisotopic (exact) mass is 219 g/mol. The van der Waals surface area contributed by atoms with Gasteiger partial charge in [-0.3, -0.25) is 4.79 Å². The van der Waals surface area contributed by atoms with Crippen LogP contribution in [0.1, 0.15) is 18.4 Å². The summed E-state index contributed by atoms with van der Waals surface area (Å²) in [6, 6.07) is 9.24. The van der Waals surface area contributed by atoms with Crippen LogP contribution in [-0.2, 0) is 11.2 Å². The largest absolute Gasteiger partial charge is 0.481 e. The Morgan fingerprint density at radius 3 is 2.69 bits per heavy atom. The summed E-state index contributed by atoms with van der Waals surface area (Å²) >= 11 is 0. The first-order valence-corrected chi connectivity index (χ1v) is 5.02. The lowest BCUT2D eigenvalue weighted by Gasteiger charge is -2.07. The predicted molar refractivity (Wildman–Crippen MR) is 59.9 cm³/mol. The highest BCUT2D eigenvalue weighted by molar-refractivity contribution is 5.67. The third kappa shape index (κ3) is 4.48. The van der Waals surface area contributed by atoms with Crippen molar-refractivity contribution >= 4 is 5.97 Å². The highest BCUT2D eigenvalue weighted by Gasteiger charge is 2.11. The van der Waals surface area contributed by atoms with E-state index in [0.29, 0.717) is 6.42 Å². The van der Waals surface area contributed by atoms with Crippen LogP contribution in [-0.4, -0.2) is 17.1 Å². The summed E-state index contributed by atoms with van der Waals surface area (Å²) in [4.78, 5) is 13.2.